The molecule has 1 aromatic carbocycles. The van der Waals surface area contributed by atoms with Crippen molar-refractivity contribution in [2.45, 2.75) is 39.3 Å². The lowest BCUT2D eigenvalue weighted by molar-refractivity contribution is 0.112. The fraction of sp³-hybridized carbons (Fsp3) is 0.455. The number of piperazine rings is 1. The van der Waals surface area contributed by atoms with Crippen LogP contribution in [0.25, 0.3) is 5.69 Å². The first-order valence-corrected chi connectivity index (χ1v) is 10.4. The molecule has 0 radical (unpaired) electrons. The van der Waals surface area contributed by atoms with Crippen LogP contribution in [-0.2, 0) is 25.9 Å². The SMILES string of the molecule is Cc1cc(CN2CCN(Cc3nn(-c4ccc(F)cc4)c4c3CCC4)CC2)on1. The van der Waals surface area contributed by atoms with Crippen molar-refractivity contribution in [2.24, 2.45) is 0 Å². The molecule has 3 aromatic rings. The van der Waals surface area contributed by atoms with E-state index in [0.29, 0.717) is 0 Å². The van der Waals surface area contributed by atoms with Crippen molar-refractivity contribution in [2.75, 3.05) is 26.2 Å². The minimum Gasteiger partial charge on any atom is -0.360 e. The van der Waals surface area contributed by atoms with E-state index in [1.807, 2.05) is 29.8 Å². The average molecular weight is 395 g/mol. The lowest BCUT2D eigenvalue weighted by Crippen LogP contribution is -2.45. The molecule has 0 unspecified atom stereocenters. The molecule has 1 saturated heterocycles. The van der Waals surface area contributed by atoms with Gasteiger partial charge in [0.2, 0.25) is 0 Å². The third kappa shape index (κ3) is 3.84. The quantitative estimate of drug-likeness (QED) is 0.664. The molecule has 0 atom stereocenters. The van der Waals surface area contributed by atoms with Gasteiger partial charge in [-0.2, -0.15) is 5.10 Å². The van der Waals surface area contributed by atoms with Crippen LogP contribution in [0.1, 0.15) is 34.8 Å². The Balaban J connectivity index is 1.26. The van der Waals surface area contributed by atoms with Gasteiger partial charge in [0.25, 0.3) is 0 Å². The second kappa shape index (κ2) is 7.72. The van der Waals surface area contributed by atoms with Crippen molar-refractivity contribution < 1.29 is 8.91 Å². The van der Waals surface area contributed by atoms with Gasteiger partial charge in [0.05, 0.1) is 23.6 Å². The van der Waals surface area contributed by atoms with Gasteiger partial charge in [-0.05, 0) is 56.0 Å². The van der Waals surface area contributed by atoms with E-state index >= 15 is 0 Å². The maximum atomic E-state index is 13.3. The minimum absolute atomic E-state index is 0.212. The maximum absolute atomic E-state index is 13.3. The summed E-state index contributed by atoms with van der Waals surface area (Å²) in [6, 6.07) is 8.65. The normalized spacial score (nSPS) is 17.7. The Kier molecular flexibility index (Phi) is 4.93. The Hall–Kier alpha value is -2.51. The van der Waals surface area contributed by atoms with E-state index in [1.165, 1.54) is 35.5 Å². The highest BCUT2D eigenvalue weighted by Gasteiger charge is 2.26. The van der Waals surface area contributed by atoms with Crippen LogP contribution in [-0.4, -0.2) is 50.9 Å². The fourth-order valence-electron chi connectivity index (χ4n) is 4.47. The molecule has 1 fully saturated rings. The molecule has 5 rings (SSSR count). The number of benzene rings is 1. The standard InChI is InChI=1S/C22H26FN5O/c1-16-13-19(29-25-16)14-26-9-11-27(12-10-26)15-21-20-3-2-4-22(20)28(24-21)18-7-5-17(23)6-8-18/h5-8,13H,2-4,9-12,14-15H2,1H3. The predicted octanol–water partition coefficient (Wildman–Crippen LogP) is 3.11. The van der Waals surface area contributed by atoms with Gasteiger partial charge in [-0.15, -0.1) is 0 Å². The van der Waals surface area contributed by atoms with Gasteiger partial charge < -0.3 is 4.52 Å². The van der Waals surface area contributed by atoms with Crippen LogP contribution in [0.15, 0.2) is 34.9 Å². The number of rotatable bonds is 5. The van der Waals surface area contributed by atoms with Crippen molar-refractivity contribution >= 4 is 0 Å². The summed E-state index contributed by atoms with van der Waals surface area (Å²) in [6.45, 7) is 7.72. The van der Waals surface area contributed by atoms with Crippen molar-refractivity contribution in [3.63, 3.8) is 0 Å². The summed E-state index contributed by atoms with van der Waals surface area (Å²) in [7, 11) is 0. The van der Waals surface area contributed by atoms with Crippen molar-refractivity contribution in [3.05, 3.63) is 64.6 Å². The number of nitrogens with zero attached hydrogens (tertiary/aromatic N) is 5. The average Bonchev–Trinajstić information content (AvgIpc) is 3.43. The van der Waals surface area contributed by atoms with Gasteiger partial charge in [0.1, 0.15) is 5.82 Å². The van der Waals surface area contributed by atoms with Crippen LogP contribution >= 0.6 is 0 Å². The van der Waals surface area contributed by atoms with Crippen LogP contribution < -0.4 is 0 Å². The molecule has 0 amide bonds. The van der Waals surface area contributed by atoms with Gasteiger partial charge in [-0.1, -0.05) is 5.16 Å². The Morgan fingerprint density at radius 3 is 2.41 bits per heavy atom. The largest absolute Gasteiger partial charge is 0.360 e. The maximum Gasteiger partial charge on any atom is 0.150 e. The minimum atomic E-state index is -0.212. The highest BCUT2D eigenvalue weighted by atomic mass is 19.1. The Bertz CT molecular complexity index is 985. The molecule has 29 heavy (non-hydrogen) atoms. The molecule has 152 valence electrons. The number of halogens is 1. The molecular formula is C22H26FN5O. The summed E-state index contributed by atoms with van der Waals surface area (Å²) < 4.78 is 20.7. The molecule has 0 N–H and O–H groups in total. The number of aromatic nitrogens is 3. The smallest absolute Gasteiger partial charge is 0.150 e. The second-order valence-corrected chi connectivity index (χ2v) is 8.10. The van der Waals surface area contributed by atoms with Crippen LogP contribution in [0, 0.1) is 12.7 Å². The molecule has 0 bridgehead atoms. The number of fused-ring (bicyclic) bond motifs is 1. The molecule has 7 heteroatoms. The summed E-state index contributed by atoms with van der Waals surface area (Å²) in [4.78, 5) is 4.90. The van der Waals surface area contributed by atoms with Gasteiger partial charge in [-0.25, -0.2) is 9.07 Å². The van der Waals surface area contributed by atoms with Crippen LogP contribution in [0.4, 0.5) is 4.39 Å². The van der Waals surface area contributed by atoms with Crippen LogP contribution in [0.3, 0.4) is 0 Å². The Morgan fingerprint density at radius 2 is 1.72 bits per heavy atom. The van der Waals surface area contributed by atoms with E-state index in [4.69, 9.17) is 9.62 Å². The van der Waals surface area contributed by atoms with Gasteiger partial charge >= 0.3 is 0 Å². The summed E-state index contributed by atoms with van der Waals surface area (Å²) in [5.41, 5.74) is 5.76. The highest BCUT2D eigenvalue weighted by Crippen LogP contribution is 2.29. The summed E-state index contributed by atoms with van der Waals surface area (Å²) in [5, 5.41) is 8.91. The van der Waals surface area contributed by atoms with Crippen LogP contribution in [0.2, 0.25) is 0 Å². The lowest BCUT2D eigenvalue weighted by atomic mass is 10.2. The zero-order valence-corrected chi connectivity index (χ0v) is 16.8. The molecule has 0 saturated carbocycles. The second-order valence-electron chi connectivity index (χ2n) is 8.10. The highest BCUT2D eigenvalue weighted by molar-refractivity contribution is 5.40. The van der Waals surface area contributed by atoms with Gasteiger partial charge in [0.15, 0.2) is 5.76 Å². The molecule has 2 aliphatic rings. The first kappa shape index (κ1) is 18.5. The lowest BCUT2D eigenvalue weighted by Gasteiger charge is -2.33. The van der Waals surface area contributed by atoms with E-state index < -0.39 is 0 Å². The van der Waals surface area contributed by atoms with E-state index in [9.17, 15) is 4.39 Å². The van der Waals surface area contributed by atoms with Crippen molar-refractivity contribution in [1.29, 1.82) is 0 Å². The van der Waals surface area contributed by atoms with Crippen LogP contribution in [0.5, 0.6) is 0 Å². The topological polar surface area (TPSA) is 50.3 Å². The molecular weight excluding hydrogens is 369 g/mol. The van der Waals surface area contributed by atoms with Gasteiger partial charge in [-0.3, -0.25) is 9.80 Å². The number of aryl methyl sites for hydroxylation is 1. The number of hydrogen-bond donors (Lipinski definition) is 0. The van der Waals surface area contributed by atoms with E-state index in [2.05, 4.69) is 15.0 Å². The molecule has 0 spiro atoms. The van der Waals surface area contributed by atoms with Crippen molar-refractivity contribution in [3.8, 4) is 5.69 Å². The first-order chi connectivity index (χ1) is 14.2. The molecule has 1 aliphatic heterocycles. The molecule has 6 nitrogen and oxygen atoms in total. The molecule has 3 heterocycles. The van der Waals surface area contributed by atoms with E-state index in [-0.39, 0.29) is 5.82 Å². The van der Waals surface area contributed by atoms with Gasteiger partial charge in [0, 0.05) is 44.5 Å². The predicted molar refractivity (Wildman–Crippen MR) is 107 cm³/mol. The summed E-state index contributed by atoms with van der Waals surface area (Å²) in [6.07, 6.45) is 3.31. The fourth-order valence-corrected chi connectivity index (χ4v) is 4.47. The number of hydrogen-bond acceptors (Lipinski definition) is 5. The molecule has 1 aliphatic carbocycles. The van der Waals surface area contributed by atoms with E-state index in [1.54, 1.807) is 0 Å². The summed E-state index contributed by atoms with van der Waals surface area (Å²) in [5.74, 6) is 0.725. The third-order valence-corrected chi connectivity index (χ3v) is 5.98. The summed E-state index contributed by atoms with van der Waals surface area (Å²) >= 11 is 0. The Morgan fingerprint density at radius 1 is 1.00 bits per heavy atom. The van der Waals surface area contributed by atoms with E-state index in [0.717, 1.165) is 69.3 Å². The first-order valence-electron chi connectivity index (χ1n) is 10.4. The third-order valence-electron chi connectivity index (χ3n) is 5.98. The zero-order chi connectivity index (χ0) is 19.8. The zero-order valence-electron chi connectivity index (χ0n) is 16.8. The van der Waals surface area contributed by atoms with Crippen molar-refractivity contribution in [1.82, 2.24) is 24.7 Å². The molecule has 2 aromatic heterocycles. The Labute approximate surface area is 169 Å². The monoisotopic (exact) mass is 395 g/mol.